The maximum atomic E-state index is 12.0. The van der Waals surface area contributed by atoms with Crippen LogP contribution in [0.5, 0.6) is 0 Å². The standard InChI is InChI=1S/C14H18Cl2O3/c1-3-4-5-13(9-18-2)19-14(17)10-6-11(15)8-12(16)7-10/h6-8,13H,3-5,9H2,1-2H3. The molecule has 5 heteroatoms. The maximum Gasteiger partial charge on any atom is 0.338 e. The number of ether oxygens (including phenoxy) is 2. The zero-order valence-corrected chi connectivity index (χ0v) is 12.6. The molecule has 0 aliphatic rings. The lowest BCUT2D eigenvalue weighted by atomic mass is 10.1. The lowest BCUT2D eigenvalue weighted by Gasteiger charge is -2.17. The molecule has 1 atom stereocenters. The van der Waals surface area contributed by atoms with Crippen molar-refractivity contribution >= 4 is 29.2 Å². The number of benzene rings is 1. The van der Waals surface area contributed by atoms with Crippen molar-refractivity contribution in [3.63, 3.8) is 0 Å². The number of unbranched alkanes of at least 4 members (excludes halogenated alkanes) is 1. The summed E-state index contributed by atoms with van der Waals surface area (Å²) in [6, 6.07) is 4.66. The Bertz CT molecular complexity index is 401. The molecule has 19 heavy (non-hydrogen) atoms. The molecule has 0 N–H and O–H groups in total. The smallest absolute Gasteiger partial charge is 0.338 e. The third-order valence-electron chi connectivity index (χ3n) is 2.60. The summed E-state index contributed by atoms with van der Waals surface area (Å²) in [4.78, 5) is 12.0. The van der Waals surface area contributed by atoms with Gasteiger partial charge in [0.25, 0.3) is 0 Å². The molecule has 0 heterocycles. The van der Waals surface area contributed by atoms with Crippen LogP contribution in [-0.2, 0) is 9.47 Å². The van der Waals surface area contributed by atoms with E-state index in [0.29, 0.717) is 22.2 Å². The highest BCUT2D eigenvalue weighted by molar-refractivity contribution is 6.35. The predicted molar refractivity (Wildman–Crippen MR) is 77.1 cm³/mol. The van der Waals surface area contributed by atoms with E-state index in [1.165, 1.54) is 0 Å². The fourth-order valence-electron chi connectivity index (χ4n) is 1.69. The fraction of sp³-hybridized carbons (Fsp3) is 0.500. The number of methoxy groups -OCH3 is 1. The maximum absolute atomic E-state index is 12.0. The first-order chi connectivity index (χ1) is 9.06. The highest BCUT2D eigenvalue weighted by Gasteiger charge is 2.16. The number of rotatable bonds is 7. The van der Waals surface area contributed by atoms with E-state index in [-0.39, 0.29) is 6.10 Å². The number of esters is 1. The molecule has 1 rings (SSSR count). The molecule has 1 aromatic carbocycles. The molecule has 0 aromatic heterocycles. The molecule has 0 spiro atoms. The lowest BCUT2D eigenvalue weighted by Crippen LogP contribution is -2.23. The second kappa shape index (κ2) is 8.41. The number of carbonyl (C=O) groups is 1. The highest BCUT2D eigenvalue weighted by atomic mass is 35.5. The third kappa shape index (κ3) is 5.81. The summed E-state index contributed by atoms with van der Waals surface area (Å²) >= 11 is 11.7. The number of halogens is 2. The van der Waals surface area contributed by atoms with Crippen molar-refractivity contribution in [1.82, 2.24) is 0 Å². The zero-order valence-electron chi connectivity index (χ0n) is 11.1. The number of carbonyl (C=O) groups excluding carboxylic acids is 1. The van der Waals surface area contributed by atoms with Gasteiger partial charge in [-0.05, 0) is 31.0 Å². The molecule has 3 nitrogen and oxygen atoms in total. The first-order valence-electron chi connectivity index (χ1n) is 6.22. The van der Waals surface area contributed by atoms with Crippen molar-refractivity contribution in [1.29, 1.82) is 0 Å². The van der Waals surface area contributed by atoms with Crippen molar-refractivity contribution in [2.45, 2.75) is 32.3 Å². The van der Waals surface area contributed by atoms with Crippen LogP contribution in [0.3, 0.4) is 0 Å². The molecular weight excluding hydrogens is 287 g/mol. The average Bonchev–Trinajstić information content (AvgIpc) is 2.35. The molecule has 0 aliphatic carbocycles. The first kappa shape index (κ1) is 16.3. The van der Waals surface area contributed by atoms with Gasteiger partial charge >= 0.3 is 5.97 Å². The Morgan fingerprint density at radius 3 is 2.42 bits per heavy atom. The molecule has 0 amide bonds. The Kier molecular flexibility index (Phi) is 7.21. The highest BCUT2D eigenvalue weighted by Crippen LogP contribution is 2.20. The largest absolute Gasteiger partial charge is 0.456 e. The van der Waals surface area contributed by atoms with E-state index in [9.17, 15) is 4.79 Å². The van der Waals surface area contributed by atoms with Gasteiger partial charge in [0.2, 0.25) is 0 Å². The van der Waals surface area contributed by atoms with Crippen molar-refractivity contribution < 1.29 is 14.3 Å². The minimum atomic E-state index is -0.428. The molecule has 0 radical (unpaired) electrons. The Balaban J connectivity index is 2.69. The van der Waals surface area contributed by atoms with Crippen molar-refractivity contribution in [2.75, 3.05) is 13.7 Å². The normalized spacial score (nSPS) is 12.2. The minimum absolute atomic E-state index is 0.241. The van der Waals surface area contributed by atoms with Crippen LogP contribution in [0.25, 0.3) is 0 Å². The van der Waals surface area contributed by atoms with Gasteiger partial charge in [0.1, 0.15) is 6.10 Å². The van der Waals surface area contributed by atoms with Crippen LogP contribution in [0.15, 0.2) is 18.2 Å². The Morgan fingerprint density at radius 2 is 1.89 bits per heavy atom. The van der Waals surface area contributed by atoms with Crippen LogP contribution in [0.4, 0.5) is 0 Å². The van der Waals surface area contributed by atoms with Crippen LogP contribution < -0.4 is 0 Å². The summed E-state index contributed by atoms with van der Waals surface area (Å²) < 4.78 is 10.5. The second-order valence-electron chi connectivity index (χ2n) is 4.28. The van der Waals surface area contributed by atoms with Gasteiger partial charge in [0.05, 0.1) is 12.2 Å². The van der Waals surface area contributed by atoms with Gasteiger partial charge in [-0.25, -0.2) is 4.79 Å². The van der Waals surface area contributed by atoms with Crippen LogP contribution >= 0.6 is 23.2 Å². The van der Waals surface area contributed by atoms with E-state index in [4.69, 9.17) is 32.7 Å². The molecule has 0 fully saturated rings. The van der Waals surface area contributed by atoms with E-state index in [1.54, 1.807) is 25.3 Å². The first-order valence-corrected chi connectivity index (χ1v) is 6.98. The van der Waals surface area contributed by atoms with E-state index in [1.807, 2.05) is 0 Å². The molecule has 0 bridgehead atoms. The van der Waals surface area contributed by atoms with Gasteiger partial charge in [-0.3, -0.25) is 0 Å². The second-order valence-corrected chi connectivity index (χ2v) is 5.16. The summed E-state index contributed by atoms with van der Waals surface area (Å²) in [5, 5.41) is 0.826. The van der Waals surface area contributed by atoms with Crippen molar-refractivity contribution in [3.05, 3.63) is 33.8 Å². The Hall–Kier alpha value is -0.770. The van der Waals surface area contributed by atoms with Gasteiger partial charge in [-0.1, -0.05) is 36.5 Å². The fourth-order valence-corrected chi connectivity index (χ4v) is 2.21. The van der Waals surface area contributed by atoms with Gasteiger partial charge in [0, 0.05) is 17.2 Å². The van der Waals surface area contributed by atoms with Crippen LogP contribution in [-0.4, -0.2) is 25.8 Å². The van der Waals surface area contributed by atoms with Crippen LogP contribution in [0.1, 0.15) is 36.5 Å². The van der Waals surface area contributed by atoms with Crippen LogP contribution in [0, 0.1) is 0 Å². The molecule has 1 aromatic rings. The van der Waals surface area contributed by atoms with Gasteiger partial charge in [-0.2, -0.15) is 0 Å². The minimum Gasteiger partial charge on any atom is -0.456 e. The van der Waals surface area contributed by atoms with Crippen molar-refractivity contribution in [2.24, 2.45) is 0 Å². The van der Waals surface area contributed by atoms with E-state index in [2.05, 4.69) is 6.92 Å². The Labute approximate surface area is 123 Å². The summed E-state index contributed by atoms with van der Waals surface area (Å²) in [6.07, 6.45) is 2.57. The molecule has 1 unspecified atom stereocenters. The molecule has 0 aliphatic heterocycles. The van der Waals surface area contributed by atoms with Gasteiger partial charge < -0.3 is 9.47 Å². The summed E-state index contributed by atoms with van der Waals surface area (Å²) in [5.74, 6) is -0.428. The SMILES string of the molecule is CCCCC(COC)OC(=O)c1cc(Cl)cc(Cl)c1. The molecular formula is C14H18Cl2O3. The Morgan fingerprint density at radius 1 is 1.26 bits per heavy atom. The molecule has 0 saturated heterocycles. The van der Waals surface area contributed by atoms with Crippen LogP contribution in [0.2, 0.25) is 10.0 Å². The number of hydrogen-bond acceptors (Lipinski definition) is 3. The monoisotopic (exact) mass is 304 g/mol. The quantitative estimate of drug-likeness (QED) is 0.702. The van der Waals surface area contributed by atoms with E-state index < -0.39 is 5.97 Å². The predicted octanol–water partition coefficient (Wildman–Crippen LogP) is 4.36. The molecule has 106 valence electrons. The average molecular weight is 305 g/mol. The van der Waals surface area contributed by atoms with E-state index in [0.717, 1.165) is 19.3 Å². The summed E-state index contributed by atoms with van der Waals surface area (Å²) in [6.45, 7) is 2.47. The zero-order chi connectivity index (χ0) is 14.3. The topological polar surface area (TPSA) is 35.5 Å². The molecule has 0 saturated carbocycles. The van der Waals surface area contributed by atoms with Gasteiger partial charge in [0.15, 0.2) is 0 Å². The summed E-state index contributed by atoms with van der Waals surface area (Å²) in [7, 11) is 1.59. The van der Waals surface area contributed by atoms with Gasteiger partial charge in [-0.15, -0.1) is 0 Å². The lowest BCUT2D eigenvalue weighted by molar-refractivity contribution is 0.00251. The third-order valence-corrected chi connectivity index (χ3v) is 3.04. The number of hydrogen-bond donors (Lipinski definition) is 0. The van der Waals surface area contributed by atoms with Crippen molar-refractivity contribution in [3.8, 4) is 0 Å². The summed E-state index contributed by atoms with van der Waals surface area (Å²) in [5.41, 5.74) is 0.357. The van der Waals surface area contributed by atoms with E-state index >= 15 is 0 Å².